The van der Waals surface area contributed by atoms with Gasteiger partial charge in [-0.2, -0.15) is 0 Å². The van der Waals surface area contributed by atoms with E-state index in [9.17, 15) is 13.6 Å². The summed E-state index contributed by atoms with van der Waals surface area (Å²) in [6, 6.07) is 6.10. The topological polar surface area (TPSA) is 37.3 Å². The molecule has 1 aromatic carbocycles. The minimum absolute atomic E-state index is 0.00338. The Bertz CT molecular complexity index is 440. The Balaban J connectivity index is 2.09. The van der Waals surface area contributed by atoms with Gasteiger partial charge >= 0.3 is 5.97 Å². The van der Waals surface area contributed by atoms with E-state index in [1.165, 1.54) is 12.1 Å². The SMILES string of the molecule is CCCC(F)(F)c1ccc(C2CC2C(=O)O)cc1. The maximum atomic E-state index is 13.6. The average Bonchev–Trinajstić information content (AvgIpc) is 3.09. The highest BCUT2D eigenvalue weighted by molar-refractivity contribution is 5.75. The van der Waals surface area contributed by atoms with Crippen LogP contribution in [-0.2, 0) is 10.7 Å². The van der Waals surface area contributed by atoms with Crippen LogP contribution in [0.15, 0.2) is 24.3 Å². The maximum absolute atomic E-state index is 13.6. The van der Waals surface area contributed by atoms with E-state index >= 15 is 0 Å². The minimum Gasteiger partial charge on any atom is -0.481 e. The number of rotatable bonds is 5. The van der Waals surface area contributed by atoms with Crippen molar-refractivity contribution in [3.63, 3.8) is 0 Å². The van der Waals surface area contributed by atoms with Crippen molar-refractivity contribution < 1.29 is 18.7 Å². The number of benzene rings is 1. The number of halogens is 2. The minimum atomic E-state index is -2.79. The first kappa shape index (κ1) is 13.0. The van der Waals surface area contributed by atoms with Crippen molar-refractivity contribution in [2.75, 3.05) is 0 Å². The Kier molecular flexibility index (Phi) is 3.37. The highest BCUT2D eigenvalue weighted by Crippen LogP contribution is 2.48. The molecule has 2 nitrogen and oxygen atoms in total. The van der Waals surface area contributed by atoms with Crippen molar-refractivity contribution in [1.82, 2.24) is 0 Å². The maximum Gasteiger partial charge on any atom is 0.307 e. The molecule has 1 saturated carbocycles. The fourth-order valence-corrected chi connectivity index (χ4v) is 2.27. The van der Waals surface area contributed by atoms with Crippen molar-refractivity contribution in [3.05, 3.63) is 35.4 Å². The molecule has 1 N–H and O–H groups in total. The summed E-state index contributed by atoms with van der Waals surface area (Å²) < 4.78 is 27.2. The summed E-state index contributed by atoms with van der Waals surface area (Å²) in [5.41, 5.74) is 0.860. The fraction of sp³-hybridized carbons (Fsp3) is 0.500. The van der Waals surface area contributed by atoms with E-state index < -0.39 is 11.9 Å². The summed E-state index contributed by atoms with van der Waals surface area (Å²) in [6.45, 7) is 1.73. The smallest absolute Gasteiger partial charge is 0.307 e. The molecule has 2 rings (SSSR count). The lowest BCUT2D eigenvalue weighted by atomic mass is 10.0. The zero-order valence-corrected chi connectivity index (χ0v) is 10.2. The van der Waals surface area contributed by atoms with Gasteiger partial charge in [-0.05, 0) is 17.9 Å². The molecule has 1 aliphatic carbocycles. The number of hydrogen-bond donors (Lipinski definition) is 1. The molecule has 4 heteroatoms. The lowest BCUT2D eigenvalue weighted by Crippen LogP contribution is -2.12. The van der Waals surface area contributed by atoms with Crippen LogP contribution in [0.3, 0.4) is 0 Å². The number of carbonyl (C=O) groups is 1. The van der Waals surface area contributed by atoms with Gasteiger partial charge in [-0.3, -0.25) is 4.79 Å². The molecule has 0 spiro atoms. The monoisotopic (exact) mass is 254 g/mol. The zero-order chi connectivity index (χ0) is 13.3. The highest BCUT2D eigenvalue weighted by atomic mass is 19.3. The van der Waals surface area contributed by atoms with Gasteiger partial charge < -0.3 is 5.11 Å². The molecule has 0 aliphatic heterocycles. The van der Waals surface area contributed by atoms with E-state index in [2.05, 4.69) is 0 Å². The number of aliphatic carboxylic acids is 1. The van der Waals surface area contributed by atoms with Crippen LogP contribution in [0.1, 0.15) is 43.2 Å². The van der Waals surface area contributed by atoms with E-state index in [-0.39, 0.29) is 23.8 Å². The molecular weight excluding hydrogens is 238 g/mol. The van der Waals surface area contributed by atoms with Gasteiger partial charge in [-0.25, -0.2) is 8.78 Å². The fourth-order valence-electron chi connectivity index (χ4n) is 2.27. The molecule has 18 heavy (non-hydrogen) atoms. The Morgan fingerprint density at radius 1 is 1.39 bits per heavy atom. The third-order valence-electron chi connectivity index (χ3n) is 3.43. The van der Waals surface area contributed by atoms with E-state index in [1.54, 1.807) is 19.1 Å². The van der Waals surface area contributed by atoms with E-state index in [0.29, 0.717) is 12.8 Å². The van der Waals surface area contributed by atoms with Crippen LogP contribution in [0.2, 0.25) is 0 Å². The molecule has 0 bridgehead atoms. The Labute approximate surface area is 105 Å². The van der Waals surface area contributed by atoms with Gasteiger partial charge in [0.05, 0.1) is 5.92 Å². The van der Waals surface area contributed by atoms with Crippen LogP contribution in [-0.4, -0.2) is 11.1 Å². The Morgan fingerprint density at radius 3 is 2.44 bits per heavy atom. The van der Waals surface area contributed by atoms with Crippen molar-refractivity contribution in [3.8, 4) is 0 Å². The second kappa shape index (κ2) is 4.67. The molecule has 2 unspecified atom stereocenters. The summed E-state index contributed by atoms with van der Waals surface area (Å²) >= 11 is 0. The van der Waals surface area contributed by atoms with Gasteiger partial charge in [0.15, 0.2) is 0 Å². The van der Waals surface area contributed by atoms with Crippen molar-refractivity contribution >= 4 is 5.97 Å². The van der Waals surface area contributed by atoms with Crippen molar-refractivity contribution in [2.45, 2.75) is 38.0 Å². The number of carboxylic acids is 1. The first-order chi connectivity index (χ1) is 8.45. The Morgan fingerprint density at radius 2 is 2.00 bits per heavy atom. The standard InChI is InChI=1S/C14H16F2O2/c1-2-7-14(15,16)10-5-3-9(4-6-10)11-8-12(11)13(17)18/h3-6,11-12H,2,7-8H2,1H3,(H,17,18). The predicted molar refractivity (Wildman–Crippen MR) is 63.7 cm³/mol. The number of carboxylic acid groups (broad SMARTS) is 1. The molecule has 2 atom stereocenters. The second-order valence-corrected chi connectivity index (χ2v) is 4.86. The number of alkyl halides is 2. The quantitative estimate of drug-likeness (QED) is 0.868. The largest absolute Gasteiger partial charge is 0.481 e. The summed E-state index contributed by atoms with van der Waals surface area (Å²) in [6.07, 6.45) is 0.881. The summed E-state index contributed by atoms with van der Waals surface area (Å²) in [4.78, 5) is 10.7. The van der Waals surface area contributed by atoms with Gasteiger partial charge in [-0.1, -0.05) is 37.6 Å². The molecule has 1 aliphatic rings. The van der Waals surface area contributed by atoms with E-state index in [0.717, 1.165) is 5.56 Å². The van der Waals surface area contributed by atoms with E-state index in [4.69, 9.17) is 5.11 Å². The normalized spacial score (nSPS) is 22.8. The molecule has 0 amide bonds. The van der Waals surface area contributed by atoms with Crippen LogP contribution in [0, 0.1) is 5.92 Å². The van der Waals surface area contributed by atoms with Gasteiger partial charge in [0.2, 0.25) is 0 Å². The molecular formula is C14H16F2O2. The molecule has 1 fully saturated rings. The Hall–Kier alpha value is -1.45. The first-order valence-electron chi connectivity index (χ1n) is 6.16. The third-order valence-corrected chi connectivity index (χ3v) is 3.43. The van der Waals surface area contributed by atoms with E-state index in [1.807, 2.05) is 0 Å². The van der Waals surface area contributed by atoms with Crippen molar-refractivity contribution in [2.24, 2.45) is 5.92 Å². The zero-order valence-electron chi connectivity index (χ0n) is 10.2. The van der Waals surface area contributed by atoms with Crippen molar-refractivity contribution in [1.29, 1.82) is 0 Å². The predicted octanol–water partition coefficient (Wildman–Crippen LogP) is 3.77. The van der Waals surface area contributed by atoms with Crippen LogP contribution >= 0.6 is 0 Å². The number of hydrogen-bond acceptors (Lipinski definition) is 1. The molecule has 0 heterocycles. The lowest BCUT2D eigenvalue weighted by Gasteiger charge is -2.16. The molecule has 0 radical (unpaired) electrons. The summed E-state index contributed by atoms with van der Waals surface area (Å²) in [5, 5.41) is 8.82. The third kappa shape index (κ3) is 2.52. The summed E-state index contributed by atoms with van der Waals surface area (Å²) in [5.74, 6) is -3.94. The van der Waals surface area contributed by atoms with Gasteiger partial charge in [0.1, 0.15) is 0 Å². The van der Waals surface area contributed by atoms with Gasteiger partial charge in [-0.15, -0.1) is 0 Å². The molecule has 1 aromatic rings. The van der Waals surface area contributed by atoms with Crippen LogP contribution in [0.4, 0.5) is 8.78 Å². The highest BCUT2D eigenvalue weighted by Gasteiger charge is 2.44. The molecule has 98 valence electrons. The molecule has 0 saturated heterocycles. The van der Waals surface area contributed by atoms with Gasteiger partial charge in [0, 0.05) is 12.0 Å². The van der Waals surface area contributed by atoms with Gasteiger partial charge in [0.25, 0.3) is 5.92 Å². The van der Waals surface area contributed by atoms with Crippen LogP contribution < -0.4 is 0 Å². The van der Waals surface area contributed by atoms with Crippen LogP contribution in [0.5, 0.6) is 0 Å². The summed E-state index contributed by atoms with van der Waals surface area (Å²) in [7, 11) is 0. The first-order valence-corrected chi connectivity index (χ1v) is 6.16. The lowest BCUT2D eigenvalue weighted by molar-refractivity contribution is -0.138. The molecule has 0 aromatic heterocycles. The average molecular weight is 254 g/mol. The second-order valence-electron chi connectivity index (χ2n) is 4.86. The van der Waals surface area contributed by atoms with Crippen LogP contribution in [0.25, 0.3) is 0 Å².